The summed E-state index contributed by atoms with van der Waals surface area (Å²) in [7, 11) is 0. The fourth-order valence-corrected chi connectivity index (χ4v) is 2.58. The number of aliphatic hydroxyl groups is 1. The van der Waals surface area contributed by atoms with Crippen molar-refractivity contribution in [2.75, 3.05) is 18.0 Å². The van der Waals surface area contributed by atoms with Crippen LogP contribution in [0, 0.1) is 5.41 Å². The molecule has 0 atom stereocenters. The van der Waals surface area contributed by atoms with Crippen LogP contribution < -0.4 is 4.90 Å². The van der Waals surface area contributed by atoms with E-state index >= 15 is 0 Å². The van der Waals surface area contributed by atoms with Gasteiger partial charge in [-0.05, 0) is 24.7 Å². The number of nitrogens with zero attached hydrogens (tertiary/aromatic N) is 3. The van der Waals surface area contributed by atoms with Gasteiger partial charge in [0.15, 0.2) is 0 Å². The van der Waals surface area contributed by atoms with Gasteiger partial charge in [-0.15, -0.1) is 0 Å². The summed E-state index contributed by atoms with van der Waals surface area (Å²) in [6.07, 6.45) is 7.07. The van der Waals surface area contributed by atoms with Crippen molar-refractivity contribution in [3.8, 4) is 0 Å². The predicted octanol–water partition coefficient (Wildman–Crippen LogP) is 1.99. The van der Waals surface area contributed by atoms with E-state index in [1.807, 2.05) is 0 Å². The Balaban J connectivity index is 2.14. The van der Waals surface area contributed by atoms with Crippen LogP contribution in [-0.2, 0) is 6.61 Å². The van der Waals surface area contributed by atoms with Gasteiger partial charge in [0.25, 0.3) is 0 Å². The maximum atomic E-state index is 9.08. The standard InChI is InChI=1S/C13H21N3O/c1-3-13(4-2)5-6-16(10-13)12-8-14-7-11(9-17)15-12/h7-8,17H,3-6,9-10H2,1-2H3. The molecule has 4 nitrogen and oxygen atoms in total. The van der Waals surface area contributed by atoms with E-state index in [-0.39, 0.29) is 6.61 Å². The van der Waals surface area contributed by atoms with Crippen molar-refractivity contribution in [1.82, 2.24) is 9.97 Å². The SMILES string of the molecule is CCC1(CC)CCN(c2cncc(CO)n2)C1. The first-order chi connectivity index (χ1) is 8.23. The number of hydrogen-bond donors (Lipinski definition) is 1. The first-order valence-corrected chi connectivity index (χ1v) is 6.40. The maximum absolute atomic E-state index is 9.08. The van der Waals surface area contributed by atoms with Gasteiger partial charge in [-0.2, -0.15) is 0 Å². The van der Waals surface area contributed by atoms with Crippen LogP contribution in [-0.4, -0.2) is 28.2 Å². The van der Waals surface area contributed by atoms with Crippen molar-refractivity contribution in [3.63, 3.8) is 0 Å². The highest BCUT2D eigenvalue weighted by Crippen LogP contribution is 2.38. The topological polar surface area (TPSA) is 49.2 Å². The molecule has 1 N–H and O–H groups in total. The van der Waals surface area contributed by atoms with Gasteiger partial charge in [0.05, 0.1) is 24.7 Å². The molecule has 0 spiro atoms. The van der Waals surface area contributed by atoms with E-state index in [1.54, 1.807) is 12.4 Å². The van der Waals surface area contributed by atoms with Crippen LogP contribution in [0.5, 0.6) is 0 Å². The molecule has 0 radical (unpaired) electrons. The quantitative estimate of drug-likeness (QED) is 0.867. The van der Waals surface area contributed by atoms with Crippen LogP contribution in [0.3, 0.4) is 0 Å². The minimum Gasteiger partial charge on any atom is -0.390 e. The second-order valence-corrected chi connectivity index (χ2v) is 4.91. The summed E-state index contributed by atoms with van der Waals surface area (Å²) in [5.74, 6) is 0.903. The van der Waals surface area contributed by atoms with Crippen molar-refractivity contribution in [2.45, 2.75) is 39.7 Å². The van der Waals surface area contributed by atoms with Crippen molar-refractivity contribution in [3.05, 3.63) is 18.1 Å². The molecule has 1 saturated heterocycles. The molecule has 1 fully saturated rings. The summed E-state index contributed by atoms with van der Waals surface area (Å²) in [6.45, 7) is 6.60. The van der Waals surface area contributed by atoms with E-state index in [2.05, 4.69) is 28.7 Å². The van der Waals surface area contributed by atoms with Crippen molar-refractivity contribution < 1.29 is 5.11 Å². The van der Waals surface area contributed by atoms with Crippen LogP contribution in [0.4, 0.5) is 5.82 Å². The van der Waals surface area contributed by atoms with Crippen molar-refractivity contribution in [1.29, 1.82) is 0 Å². The highest BCUT2D eigenvalue weighted by Gasteiger charge is 2.35. The zero-order chi connectivity index (χ0) is 12.3. The van der Waals surface area contributed by atoms with E-state index in [0.29, 0.717) is 11.1 Å². The van der Waals surface area contributed by atoms with E-state index in [0.717, 1.165) is 18.9 Å². The van der Waals surface area contributed by atoms with E-state index < -0.39 is 0 Å². The predicted molar refractivity (Wildman–Crippen MR) is 67.8 cm³/mol. The smallest absolute Gasteiger partial charge is 0.147 e. The van der Waals surface area contributed by atoms with Gasteiger partial charge in [-0.25, -0.2) is 4.98 Å². The van der Waals surface area contributed by atoms with Crippen LogP contribution in [0.25, 0.3) is 0 Å². The zero-order valence-electron chi connectivity index (χ0n) is 10.7. The molecule has 2 rings (SSSR count). The Labute approximate surface area is 103 Å². The number of aliphatic hydroxyl groups excluding tert-OH is 1. The third-order valence-electron chi connectivity index (χ3n) is 4.10. The summed E-state index contributed by atoms with van der Waals surface area (Å²) in [5.41, 5.74) is 1.09. The largest absolute Gasteiger partial charge is 0.390 e. The minimum atomic E-state index is -0.0403. The lowest BCUT2D eigenvalue weighted by Gasteiger charge is -2.26. The summed E-state index contributed by atoms with van der Waals surface area (Å²) in [6, 6.07) is 0. The number of hydrogen-bond acceptors (Lipinski definition) is 4. The molecule has 4 heteroatoms. The molecule has 1 aliphatic rings. The van der Waals surface area contributed by atoms with Crippen LogP contribution >= 0.6 is 0 Å². The second-order valence-electron chi connectivity index (χ2n) is 4.91. The van der Waals surface area contributed by atoms with Gasteiger partial charge in [0.1, 0.15) is 5.82 Å². The second kappa shape index (κ2) is 5.00. The maximum Gasteiger partial charge on any atom is 0.147 e. The molecule has 1 aromatic rings. The summed E-state index contributed by atoms with van der Waals surface area (Å²) in [5, 5.41) is 9.08. The highest BCUT2D eigenvalue weighted by molar-refractivity contribution is 5.38. The lowest BCUT2D eigenvalue weighted by Crippen LogP contribution is -2.27. The Kier molecular flexibility index (Phi) is 3.62. The Hall–Kier alpha value is -1.16. The Bertz CT molecular complexity index is 377. The van der Waals surface area contributed by atoms with E-state index in [4.69, 9.17) is 5.11 Å². The monoisotopic (exact) mass is 235 g/mol. The number of anilines is 1. The first-order valence-electron chi connectivity index (χ1n) is 6.40. The molecule has 0 bridgehead atoms. The summed E-state index contributed by atoms with van der Waals surface area (Å²) >= 11 is 0. The molecule has 1 aromatic heterocycles. The lowest BCUT2D eigenvalue weighted by atomic mass is 9.82. The molecule has 0 unspecified atom stereocenters. The molecule has 0 aliphatic carbocycles. The van der Waals surface area contributed by atoms with Gasteiger partial charge in [-0.3, -0.25) is 4.98 Å². The molecule has 94 valence electrons. The molecule has 2 heterocycles. The van der Waals surface area contributed by atoms with Crippen LogP contribution in [0.15, 0.2) is 12.4 Å². The van der Waals surface area contributed by atoms with Crippen molar-refractivity contribution in [2.24, 2.45) is 5.41 Å². The third kappa shape index (κ3) is 2.41. The lowest BCUT2D eigenvalue weighted by molar-refractivity contribution is 0.276. The van der Waals surface area contributed by atoms with Gasteiger partial charge in [0.2, 0.25) is 0 Å². The highest BCUT2D eigenvalue weighted by atomic mass is 16.3. The average Bonchev–Trinajstić information content (AvgIpc) is 2.84. The summed E-state index contributed by atoms with van der Waals surface area (Å²) < 4.78 is 0. The van der Waals surface area contributed by atoms with E-state index in [9.17, 15) is 0 Å². The molecule has 1 aliphatic heterocycles. The molecule has 0 saturated carbocycles. The Morgan fingerprint density at radius 2 is 2.12 bits per heavy atom. The average molecular weight is 235 g/mol. The van der Waals surface area contributed by atoms with E-state index in [1.165, 1.54) is 19.3 Å². The molecular formula is C13H21N3O. The minimum absolute atomic E-state index is 0.0403. The Morgan fingerprint density at radius 3 is 2.71 bits per heavy atom. The molecule has 0 amide bonds. The first kappa shape index (κ1) is 12.3. The van der Waals surface area contributed by atoms with Gasteiger partial charge >= 0.3 is 0 Å². The summed E-state index contributed by atoms with van der Waals surface area (Å²) in [4.78, 5) is 10.8. The van der Waals surface area contributed by atoms with Crippen molar-refractivity contribution >= 4 is 5.82 Å². The Morgan fingerprint density at radius 1 is 1.35 bits per heavy atom. The zero-order valence-corrected chi connectivity index (χ0v) is 10.7. The third-order valence-corrected chi connectivity index (χ3v) is 4.10. The van der Waals surface area contributed by atoms with Gasteiger partial charge < -0.3 is 10.0 Å². The fraction of sp³-hybridized carbons (Fsp3) is 0.692. The molecule has 0 aromatic carbocycles. The van der Waals surface area contributed by atoms with Crippen LogP contribution in [0.1, 0.15) is 38.8 Å². The number of rotatable bonds is 4. The fourth-order valence-electron chi connectivity index (χ4n) is 2.58. The van der Waals surface area contributed by atoms with Gasteiger partial charge in [-0.1, -0.05) is 13.8 Å². The van der Waals surface area contributed by atoms with Crippen LogP contribution in [0.2, 0.25) is 0 Å². The number of aromatic nitrogens is 2. The molecule has 17 heavy (non-hydrogen) atoms. The normalized spacial score (nSPS) is 18.6. The van der Waals surface area contributed by atoms with Gasteiger partial charge in [0, 0.05) is 13.1 Å². The molecular weight excluding hydrogens is 214 g/mol.